The third-order valence-corrected chi connectivity index (χ3v) is 4.09. The SMILES string of the molecule is CC(C)CNCc1ccc(N(C)Cc2cccs2)cc1. The molecule has 1 heterocycles. The topological polar surface area (TPSA) is 15.3 Å². The van der Waals surface area contributed by atoms with Gasteiger partial charge < -0.3 is 10.2 Å². The number of nitrogens with one attached hydrogen (secondary N) is 1. The van der Waals surface area contributed by atoms with Crippen molar-refractivity contribution in [2.24, 2.45) is 5.92 Å². The van der Waals surface area contributed by atoms with E-state index >= 15 is 0 Å². The molecule has 1 aromatic carbocycles. The first-order chi connectivity index (χ1) is 9.65. The van der Waals surface area contributed by atoms with Crippen molar-refractivity contribution in [2.45, 2.75) is 26.9 Å². The van der Waals surface area contributed by atoms with Gasteiger partial charge in [0.1, 0.15) is 0 Å². The summed E-state index contributed by atoms with van der Waals surface area (Å²) >= 11 is 1.81. The van der Waals surface area contributed by atoms with Gasteiger partial charge in [0.15, 0.2) is 0 Å². The first-order valence-corrected chi connectivity index (χ1v) is 8.06. The number of benzene rings is 1. The van der Waals surface area contributed by atoms with Crippen molar-refractivity contribution in [3.8, 4) is 0 Å². The van der Waals surface area contributed by atoms with E-state index in [2.05, 4.69) is 72.9 Å². The molecule has 108 valence electrons. The van der Waals surface area contributed by atoms with Crippen molar-refractivity contribution in [1.29, 1.82) is 0 Å². The summed E-state index contributed by atoms with van der Waals surface area (Å²) in [6.07, 6.45) is 0. The standard InChI is InChI=1S/C17H24N2S/c1-14(2)11-18-12-15-6-8-16(9-7-15)19(3)13-17-5-4-10-20-17/h4-10,14,18H,11-13H2,1-3H3. The first kappa shape index (κ1) is 15.1. The van der Waals surface area contributed by atoms with E-state index in [1.807, 2.05) is 11.3 Å². The molecule has 0 amide bonds. The monoisotopic (exact) mass is 288 g/mol. The minimum atomic E-state index is 0.700. The van der Waals surface area contributed by atoms with Gasteiger partial charge in [-0.1, -0.05) is 32.0 Å². The molecule has 1 N–H and O–H groups in total. The summed E-state index contributed by atoms with van der Waals surface area (Å²) < 4.78 is 0. The van der Waals surface area contributed by atoms with Gasteiger partial charge in [-0.05, 0) is 41.6 Å². The fourth-order valence-electron chi connectivity index (χ4n) is 2.10. The maximum Gasteiger partial charge on any atom is 0.0519 e. The summed E-state index contributed by atoms with van der Waals surface area (Å²) in [7, 11) is 2.14. The molecule has 0 atom stereocenters. The Hall–Kier alpha value is -1.32. The van der Waals surface area contributed by atoms with Gasteiger partial charge in [-0.15, -0.1) is 11.3 Å². The Bertz CT molecular complexity index is 488. The Morgan fingerprint density at radius 2 is 1.90 bits per heavy atom. The van der Waals surface area contributed by atoms with Crippen LogP contribution in [0.3, 0.4) is 0 Å². The second-order valence-electron chi connectivity index (χ2n) is 5.63. The molecule has 20 heavy (non-hydrogen) atoms. The van der Waals surface area contributed by atoms with Gasteiger partial charge in [-0.2, -0.15) is 0 Å². The van der Waals surface area contributed by atoms with Crippen LogP contribution in [-0.4, -0.2) is 13.6 Å². The van der Waals surface area contributed by atoms with Crippen LogP contribution in [0.15, 0.2) is 41.8 Å². The normalized spacial score (nSPS) is 11.0. The zero-order valence-corrected chi connectivity index (χ0v) is 13.4. The molecule has 0 radical (unpaired) electrons. The van der Waals surface area contributed by atoms with Crippen LogP contribution in [0.4, 0.5) is 5.69 Å². The van der Waals surface area contributed by atoms with Crippen LogP contribution >= 0.6 is 11.3 Å². The molecule has 0 aliphatic rings. The highest BCUT2D eigenvalue weighted by molar-refractivity contribution is 7.09. The second-order valence-corrected chi connectivity index (χ2v) is 6.66. The fourth-order valence-corrected chi connectivity index (χ4v) is 2.86. The van der Waals surface area contributed by atoms with Crippen molar-refractivity contribution >= 4 is 17.0 Å². The van der Waals surface area contributed by atoms with Gasteiger partial charge in [0, 0.05) is 24.2 Å². The number of thiophene rings is 1. The summed E-state index contributed by atoms with van der Waals surface area (Å²) in [6, 6.07) is 13.1. The Labute approximate surface area is 126 Å². The lowest BCUT2D eigenvalue weighted by Gasteiger charge is -2.19. The Balaban J connectivity index is 1.87. The molecule has 0 spiro atoms. The van der Waals surface area contributed by atoms with Gasteiger partial charge >= 0.3 is 0 Å². The van der Waals surface area contributed by atoms with Gasteiger partial charge in [0.25, 0.3) is 0 Å². The van der Waals surface area contributed by atoms with Crippen LogP contribution in [-0.2, 0) is 13.1 Å². The Morgan fingerprint density at radius 1 is 1.15 bits per heavy atom. The summed E-state index contributed by atoms with van der Waals surface area (Å²) in [4.78, 5) is 3.69. The molecule has 0 aliphatic heterocycles. The molecule has 2 aromatic rings. The molecule has 0 unspecified atom stereocenters. The molecular formula is C17H24N2S. The van der Waals surface area contributed by atoms with E-state index in [1.165, 1.54) is 16.1 Å². The van der Waals surface area contributed by atoms with E-state index in [0.29, 0.717) is 5.92 Å². The quantitative estimate of drug-likeness (QED) is 0.824. The predicted molar refractivity (Wildman–Crippen MR) is 89.4 cm³/mol. The molecule has 0 bridgehead atoms. The molecule has 0 saturated carbocycles. The first-order valence-electron chi connectivity index (χ1n) is 7.18. The number of anilines is 1. The minimum Gasteiger partial charge on any atom is -0.369 e. The lowest BCUT2D eigenvalue weighted by molar-refractivity contribution is 0.552. The van der Waals surface area contributed by atoms with Crippen molar-refractivity contribution < 1.29 is 0 Å². The summed E-state index contributed by atoms with van der Waals surface area (Å²) in [6.45, 7) is 7.46. The zero-order valence-electron chi connectivity index (χ0n) is 12.6. The smallest absolute Gasteiger partial charge is 0.0519 e. The molecule has 2 rings (SSSR count). The van der Waals surface area contributed by atoms with Crippen LogP contribution < -0.4 is 10.2 Å². The highest BCUT2D eigenvalue weighted by Crippen LogP contribution is 2.18. The van der Waals surface area contributed by atoms with E-state index in [4.69, 9.17) is 0 Å². The maximum atomic E-state index is 3.47. The van der Waals surface area contributed by atoms with Gasteiger partial charge in [0.2, 0.25) is 0 Å². The zero-order chi connectivity index (χ0) is 14.4. The molecule has 0 aliphatic carbocycles. The predicted octanol–water partition coefficient (Wildman–Crippen LogP) is 4.13. The molecule has 3 heteroatoms. The maximum absolute atomic E-state index is 3.47. The number of rotatable bonds is 7. The highest BCUT2D eigenvalue weighted by Gasteiger charge is 2.03. The van der Waals surface area contributed by atoms with E-state index in [1.54, 1.807) is 0 Å². The van der Waals surface area contributed by atoms with Crippen molar-refractivity contribution in [2.75, 3.05) is 18.5 Å². The second kappa shape index (κ2) is 7.46. The molecule has 2 nitrogen and oxygen atoms in total. The Morgan fingerprint density at radius 3 is 2.50 bits per heavy atom. The van der Waals surface area contributed by atoms with E-state index in [9.17, 15) is 0 Å². The summed E-state index contributed by atoms with van der Waals surface area (Å²) in [5.74, 6) is 0.700. The molecular weight excluding hydrogens is 264 g/mol. The average molecular weight is 288 g/mol. The largest absolute Gasteiger partial charge is 0.369 e. The number of hydrogen-bond acceptors (Lipinski definition) is 3. The van der Waals surface area contributed by atoms with Gasteiger partial charge in [-0.3, -0.25) is 0 Å². The minimum absolute atomic E-state index is 0.700. The van der Waals surface area contributed by atoms with Gasteiger partial charge in [-0.25, -0.2) is 0 Å². The van der Waals surface area contributed by atoms with Crippen molar-refractivity contribution in [1.82, 2.24) is 5.32 Å². The van der Waals surface area contributed by atoms with Crippen molar-refractivity contribution in [3.63, 3.8) is 0 Å². The third kappa shape index (κ3) is 4.66. The number of nitrogens with zero attached hydrogens (tertiary/aromatic N) is 1. The lowest BCUT2D eigenvalue weighted by atomic mass is 10.1. The van der Waals surface area contributed by atoms with Crippen LogP contribution in [0.25, 0.3) is 0 Å². The average Bonchev–Trinajstić information content (AvgIpc) is 2.92. The molecule has 0 fully saturated rings. The highest BCUT2D eigenvalue weighted by atomic mass is 32.1. The van der Waals surface area contributed by atoms with E-state index in [-0.39, 0.29) is 0 Å². The summed E-state index contributed by atoms with van der Waals surface area (Å²) in [5.41, 5.74) is 2.62. The fraction of sp³-hybridized carbons (Fsp3) is 0.412. The Kier molecular flexibility index (Phi) is 5.62. The van der Waals surface area contributed by atoms with E-state index < -0.39 is 0 Å². The van der Waals surface area contributed by atoms with E-state index in [0.717, 1.165) is 19.6 Å². The molecule has 1 aromatic heterocycles. The third-order valence-electron chi connectivity index (χ3n) is 3.23. The van der Waals surface area contributed by atoms with Crippen LogP contribution in [0.5, 0.6) is 0 Å². The number of hydrogen-bond donors (Lipinski definition) is 1. The lowest BCUT2D eigenvalue weighted by Crippen LogP contribution is -2.19. The molecule has 0 saturated heterocycles. The summed E-state index contributed by atoms with van der Waals surface area (Å²) in [5, 5.41) is 5.61. The van der Waals surface area contributed by atoms with Crippen LogP contribution in [0.1, 0.15) is 24.3 Å². The van der Waals surface area contributed by atoms with Gasteiger partial charge in [0.05, 0.1) is 6.54 Å². The van der Waals surface area contributed by atoms with Crippen molar-refractivity contribution in [3.05, 3.63) is 52.2 Å². The van der Waals surface area contributed by atoms with Crippen LogP contribution in [0.2, 0.25) is 0 Å². The van der Waals surface area contributed by atoms with Crippen LogP contribution in [0, 0.1) is 5.92 Å².